The first kappa shape index (κ1) is 22.7. The van der Waals surface area contributed by atoms with Gasteiger partial charge in [0.2, 0.25) is 0 Å². The van der Waals surface area contributed by atoms with Gasteiger partial charge in [-0.1, -0.05) is 0 Å². The lowest BCUT2D eigenvalue weighted by Gasteiger charge is -2.44. The number of amides is 1. The minimum absolute atomic E-state index is 0.268. The highest BCUT2D eigenvalue weighted by Crippen LogP contribution is 2.36. The second-order valence-electron chi connectivity index (χ2n) is 8.11. The molecule has 1 atom stereocenters. The average molecular weight is 457 g/mol. The van der Waals surface area contributed by atoms with Crippen LogP contribution in [0.25, 0.3) is 11.3 Å². The van der Waals surface area contributed by atoms with E-state index in [1.165, 1.54) is 13.2 Å². The molecule has 0 spiro atoms. The third-order valence-corrected chi connectivity index (χ3v) is 5.97. The van der Waals surface area contributed by atoms with Crippen LogP contribution in [0.4, 0.5) is 19.3 Å². The highest BCUT2D eigenvalue weighted by molar-refractivity contribution is 5.69. The number of rotatable bonds is 5. The Labute approximate surface area is 189 Å². The third kappa shape index (κ3) is 4.51. The van der Waals surface area contributed by atoms with E-state index in [1.807, 2.05) is 11.1 Å². The summed E-state index contributed by atoms with van der Waals surface area (Å²) in [5.41, 5.74) is 2.21. The molecule has 3 heterocycles. The zero-order valence-electron chi connectivity index (χ0n) is 18.4. The van der Waals surface area contributed by atoms with Gasteiger partial charge in [0.1, 0.15) is 0 Å². The summed E-state index contributed by atoms with van der Waals surface area (Å²) in [4.78, 5) is 18.7. The van der Waals surface area contributed by atoms with Crippen LogP contribution in [0.1, 0.15) is 24.0 Å². The van der Waals surface area contributed by atoms with Crippen LogP contribution in [0.15, 0.2) is 42.9 Å². The Morgan fingerprint density at radius 2 is 2.09 bits per heavy atom. The maximum atomic E-state index is 13.7. The van der Waals surface area contributed by atoms with Gasteiger partial charge in [-0.25, -0.2) is 13.6 Å². The summed E-state index contributed by atoms with van der Waals surface area (Å²) in [5.74, 6) is -1.90. The van der Waals surface area contributed by atoms with E-state index in [1.54, 1.807) is 30.2 Å². The maximum absolute atomic E-state index is 13.7. The van der Waals surface area contributed by atoms with Crippen molar-refractivity contribution in [2.24, 2.45) is 7.05 Å². The number of piperidine rings is 1. The van der Waals surface area contributed by atoms with E-state index < -0.39 is 23.3 Å². The molecule has 1 aliphatic heterocycles. The van der Waals surface area contributed by atoms with Gasteiger partial charge >= 0.3 is 6.09 Å². The van der Waals surface area contributed by atoms with E-state index in [0.29, 0.717) is 42.0 Å². The Bertz CT molecular complexity index is 1170. The summed E-state index contributed by atoms with van der Waals surface area (Å²) in [6.07, 6.45) is 6.08. The first-order valence-electron chi connectivity index (χ1n) is 10.5. The normalized spacial score (nSPS) is 18.3. The fourth-order valence-corrected chi connectivity index (χ4v) is 4.30. The predicted octanol–water partition coefficient (Wildman–Crippen LogP) is 3.10. The molecule has 0 saturated carbocycles. The lowest BCUT2D eigenvalue weighted by atomic mass is 9.83. The molecule has 1 amide bonds. The summed E-state index contributed by atoms with van der Waals surface area (Å²) < 4.78 is 33.5. The molecule has 3 aromatic rings. The second kappa shape index (κ2) is 9.14. The molecule has 1 unspecified atom stereocenters. The number of nitrogens with zero attached hydrogens (tertiary/aromatic N) is 4. The molecule has 8 nitrogen and oxygen atoms in total. The number of anilines is 1. The molecule has 0 radical (unpaired) electrons. The number of benzene rings is 1. The summed E-state index contributed by atoms with van der Waals surface area (Å²) in [7, 11) is 3.12. The average Bonchev–Trinajstić information content (AvgIpc) is 3.27. The summed E-state index contributed by atoms with van der Waals surface area (Å²) >= 11 is 0. The third-order valence-electron chi connectivity index (χ3n) is 5.97. The van der Waals surface area contributed by atoms with Gasteiger partial charge in [0.25, 0.3) is 0 Å². The molecule has 1 saturated heterocycles. The Kier molecular flexibility index (Phi) is 6.28. The number of carbonyl (C=O) groups excluding carboxylic acids is 1. The number of ether oxygens (including phenoxy) is 1. The Balaban J connectivity index is 1.69. The maximum Gasteiger partial charge on any atom is 0.407 e. The van der Waals surface area contributed by atoms with Crippen LogP contribution in [0, 0.1) is 11.6 Å². The summed E-state index contributed by atoms with van der Waals surface area (Å²) in [5, 5.41) is 17.3. The van der Waals surface area contributed by atoms with Crippen LogP contribution >= 0.6 is 0 Å². The van der Waals surface area contributed by atoms with Crippen molar-refractivity contribution in [2.75, 3.05) is 25.1 Å². The highest BCUT2D eigenvalue weighted by Gasteiger charge is 2.40. The van der Waals surface area contributed by atoms with E-state index in [0.717, 1.165) is 24.1 Å². The molecule has 0 bridgehead atoms. The van der Waals surface area contributed by atoms with Gasteiger partial charge in [0.15, 0.2) is 11.6 Å². The molecule has 2 N–H and O–H groups in total. The molecule has 1 aliphatic rings. The summed E-state index contributed by atoms with van der Waals surface area (Å²) in [6, 6.07) is 5.23. The van der Waals surface area contributed by atoms with Gasteiger partial charge in [-0.3, -0.25) is 9.67 Å². The molecular formula is C23H25F2N5O3. The molecule has 10 heteroatoms. The minimum atomic E-state index is -0.963. The number of pyridine rings is 1. The number of methoxy groups -OCH3 is 1. The van der Waals surface area contributed by atoms with E-state index in [9.17, 15) is 18.7 Å². The van der Waals surface area contributed by atoms with E-state index in [4.69, 9.17) is 4.74 Å². The Morgan fingerprint density at radius 1 is 1.27 bits per heavy atom. The molecule has 174 valence electrons. The quantitative estimate of drug-likeness (QED) is 0.612. The monoisotopic (exact) mass is 457 g/mol. The number of aliphatic hydroxyl groups excluding tert-OH is 1. The van der Waals surface area contributed by atoms with Crippen LogP contribution in [0.5, 0.6) is 0 Å². The van der Waals surface area contributed by atoms with Gasteiger partial charge < -0.3 is 20.1 Å². The smallest absolute Gasteiger partial charge is 0.407 e. The fraction of sp³-hybridized carbons (Fsp3) is 0.348. The molecule has 0 aliphatic carbocycles. The zero-order chi connectivity index (χ0) is 23.6. The number of hydrogen-bond donors (Lipinski definition) is 2. The molecule has 1 aromatic carbocycles. The van der Waals surface area contributed by atoms with Gasteiger partial charge in [0.05, 0.1) is 43.0 Å². The van der Waals surface area contributed by atoms with Crippen molar-refractivity contribution in [1.29, 1.82) is 0 Å². The van der Waals surface area contributed by atoms with Crippen molar-refractivity contribution < 1.29 is 23.4 Å². The van der Waals surface area contributed by atoms with Crippen molar-refractivity contribution >= 4 is 11.8 Å². The predicted molar refractivity (Wildman–Crippen MR) is 117 cm³/mol. The molecule has 2 aromatic heterocycles. The Hall–Kier alpha value is -3.53. The van der Waals surface area contributed by atoms with Gasteiger partial charge in [-0.15, -0.1) is 0 Å². The molecule has 33 heavy (non-hydrogen) atoms. The minimum Gasteiger partial charge on any atom is -0.453 e. The van der Waals surface area contributed by atoms with E-state index in [2.05, 4.69) is 15.4 Å². The van der Waals surface area contributed by atoms with Crippen molar-refractivity contribution in [3.8, 4) is 11.3 Å². The SMILES string of the molecule is COC(=O)NC1(c2cnn(C)c2)CCCN(c2cnc(-c3ccc(F)c(F)c3)cc2CO)C1. The molecule has 1 fully saturated rings. The lowest BCUT2D eigenvalue weighted by Crippen LogP contribution is -2.56. The zero-order valence-corrected chi connectivity index (χ0v) is 18.4. The van der Waals surface area contributed by atoms with Crippen LogP contribution in [-0.2, 0) is 23.9 Å². The first-order chi connectivity index (χ1) is 15.8. The van der Waals surface area contributed by atoms with Gasteiger partial charge in [-0.2, -0.15) is 5.10 Å². The van der Waals surface area contributed by atoms with Gasteiger partial charge in [-0.05, 0) is 37.1 Å². The number of aromatic nitrogens is 3. The first-order valence-corrected chi connectivity index (χ1v) is 10.5. The standard InChI is InChI=1S/C23H25F2N5O3/c1-29-12-17(10-27-29)23(28-22(32)33-2)6-3-7-30(14-23)21-11-26-20(9-16(21)13-31)15-4-5-18(24)19(25)8-15/h4-5,8-12,31H,3,6-7,13-14H2,1-2H3,(H,28,32). The number of hydrogen-bond acceptors (Lipinski definition) is 6. The second-order valence-corrected chi connectivity index (χ2v) is 8.11. The lowest BCUT2D eigenvalue weighted by molar-refractivity contribution is 0.149. The Morgan fingerprint density at radius 3 is 2.76 bits per heavy atom. The van der Waals surface area contributed by atoms with Gasteiger partial charge in [0, 0.05) is 43.0 Å². The molecule has 4 rings (SSSR count). The summed E-state index contributed by atoms with van der Waals surface area (Å²) in [6.45, 7) is 0.826. The van der Waals surface area contributed by atoms with Crippen LogP contribution in [0.3, 0.4) is 0 Å². The van der Waals surface area contributed by atoms with Crippen LogP contribution < -0.4 is 10.2 Å². The van der Waals surface area contributed by atoms with Crippen LogP contribution in [-0.4, -0.2) is 46.2 Å². The number of carbonyl (C=O) groups is 1. The number of halogens is 2. The number of nitrogens with one attached hydrogen (secondary N) is 1. The fourth-order valence-electron chi connectivity index (χ4n) is 4.30. The van der Waals surface area contributed by atoms with Crippen molar-refractivity contribution in [3.63, 3.8) is 0 Å². The van der Waals surface area contributed by atoms with Crippen LogP contribution in [0.2, 0.25) is 0 Å². The van der Waals surface area contributed by atoms with Crippen molar-refractivity contribution in [2.45, 2.75) is 25.0 Å². The number of aliphatic hydroxyl groups is 1. The van der Waals surface area contributed by atoms with E-state index in [-0.39, 0.29) is 6.61 Å². The highest BCUT2D eigenvalue weighted by atomic mass is 19.2. The largest absolute Gasteiger partial charge is 0.453 e. The topological polar surface area (TPSA) is 92.5 Å². The van der Waals surface area contributed by atoms with Crippen molar-refractivity contribution in [1.82, 2.24) is 20.1 Å². The number of aryl methyl sites for hydroxylation is 1. The number of alkyl carbamates (subject to hydrolysis) is 1. The molecular weight excluding hydrogens is 432 g/mol. The van der Waals surface area contributed by atoms with Crippen molar-refractivity contribution in [3.05, 3.63) is 65.6 Å². The van der Waals surface area contributed by atoms with E-state index >= 15 is 0 Å².